The summed E-state index contributed by atoms with van der Waals surface area (Å²) in [5, 5.41) is 2.75. The SMILES string of the molecule is C=C(C)c1cc(F)c(F)c(F)c1F.CNC.CS. The van der Waals surface area contributed by atoms with Crippen LogP contribution in [0.4, 0.5) is 17.6 Å². The second kappa shape index (κ2) is 9.96. The molecule has 0 atom stereocenters. The van der Waals surface area contributed by atoms with Crippen molar-refractivity contribution in [1.82, 2.24) is 5.32 Å². The number of halogens is 4. The predicted octanol–water partition coefficient (Wildman–Crippen LogP) is 3.66. The first kappa shape index (κ1) is 19.3. The van der Waals surface area contributed by atoms with Crippen molar-refractivity contribution < 1.29 is 17.6 Å². The molecule has 18 heavy (non-hydrogen) atoms. The third kappa shape index (κ3) is 5.55. The third-order valence-corrected chi connectivity index (χ3v) is 1.56. The Morgan fingerprint density at radius 1 is 1.06 bits per heavy atom. The second-order valence-electron chi connectivity index (χ2n) is 3.13. The van der Waals surface area contributed by atoms with Gasteiger partial charge in [-0.25, -0.2) is 17.6 Å². The summed E-state index contributed by atoms with van der Waals surface area (Å²) < 4.78 is 50.4. The molecule has 6 heteroatoms. The van der Waals surface area contributed by atoms with E-state index < -0.39 is 23.3 Å². The van der Waals surface area contributed by atoms with E-state index in [0.29, 0.717) is 6.07 Å². The van der Waals surface area contributed by atoms with Crippen LogP contribution in [0.2, 0.25) is 0 Å². The molecular formula is C12H17F4NS. The number of hydrogen-bond donors (Lipinski definition) is 2. The summed E-state index contributed by atoms with van der Waals surface area (Å²) in [7, 11) is 3.75. The summed E-state index contributed by atoms with van der Waals surface area (Å²) in [6.45, 7) is 4.67. The molecule has 0 aliphatic rings. The summed E-state index contributed by atoms with van der Waals surface area (Å²) in [5.41, 5.74) is -0.216. The molecule has 0 radical (unpaired) electrons. The smallest absolute Gasteiger partial charge is 0.198 e. The number of hydrogen-bond acceptors (Lipinski definition) is 2. The normalized spacial score (nSPS) is 8.72. The average Bonchev–Trinajstić information content (AvgIpc) is 2.34. The number of nitrogens with one attached hydrogen (secondary N) is 1. The van der Waals surface area contributed by atoms with Gasteiger partial charge in [-0.3, -0.25) is 0 Å². The van der Waals surface area contributed by atoms with E-state index in [0.717, 1.165) is 0 Å². The van der Waals surface area contributed by atoms with Gasteiger partial charge in [-0.2, -0.15) is 12.6 Å². The van der Waals surface area contributed by atoms with Crippen LogP contribution in [0.15, 0.2) is 12.6 Å². The van der Waals surface area contributed by atoms with Gasteiger partial charge in [-0.15, -0.1) is 0 Å². The fourth-order valence-corrected chi connectivity index (χ4v) is 0.883. The number of rotatable bonds is 1. The minimum absolute atomic E-state index is 0.135. The molecule has 0 aliphatic heterocycles. The predicted molar refractivity (Wildman–Crippen MR) is 70.9 cm³/mol. The van der Waals surface area contributed by atoms with Crippen molar-refractivity contribution in [3.05, 3.63) is 41.5 Å². The van der Waals surface area contributed by atoms with Gasteiger partial charge in [0.15, 0.2) is 23.3 Å². The van der Waals surface area contributed by atoms with Crippen molar-refractivity contribution in [1.29, 1.82) is 0 Å². The van der Waals surface area contributed by atoms with Gasteiger partial charge in [0.1, 0.15) is 0 Å². The molecule has 0 saturated heterocycles. The molecule has 1 aromatic carbocycles. The largest absolute Gasteiger partial charge is 0.323 e. The lowest BCUT2D eigenvalue weighted by atomic mass is 10.1. The zero-order valence-electron chi connectivity index (χ0n) is 10.7. The lowest BCUT2D eigenvalue weighted by molar-refractivity contribution is 0.408. The highest BCUT2D eigenvalue weighted by Gasteiger charge is 2.18. The maximum atomic E-state index is 12.9. The van der Waals surface area contributed by atoms with Gasteiger partial charge < -0.3 is 5.32 Å². The highest BCUT2D eigenvalue weighted by molar-refractivity contribution is 7.79. The molecule has 0 aliphatic carbocycles. The van der Waals surface area contributed by atoms with E-state index >= 15 is 0 Å². The molecule has 0 aromatic heterocycles. The second-order valence-corrected chi connectivity index (χ2v) is 3.13. The average molecular weight is 283 g/mol. The maximum Gasteiger partial charge on any atom is 0.198 e. The van der Waals surface area contributed by atoms with Gasteiger partial charge in [-0.1, -0.05) is 6.58 Å². The van der Waals surface area contributed by atoms with Gasteiger partial charge >= 0.3 is 0 Å². The summed E-state index contributed by atoms with van der Waals surface area (Å²) in [5.74, 6) is -6.44. The van der Waals surface area contributed by atoms with Crippen LogP contribution in [0.3, 0.4) is 0 Å². The third-order valence-electron chi connectivity index (χ3n) is 1.56. The first-order valence-electron chi connectivity index (χ1n) is 4.88. The Labute approximate surface area is 110 Å². The highest BCUT2D eigenvalue weighted by Crippen LogP contribution is 2.22. The molecule has 104 valence electrons. The standard InChI is InChI=1S/C9H6F4.C2H7N.CH4S/c1-4(2)5-3-6(10)8(12)9(13)7(5)11;1-3-2;1-2/h3H,1H2,2H3;3H,1-2H3;2H,1H3. The van der Waals surface area contributed by atoms with Gasteiger partial charge in [0.05, 0.1) is 0 Å². The molecule has 0 amide bonds. The van der Waals surface area contributed by atoms with Crippen LogP contribution in [-0.2, 0) is 0 Å². The molecule has 0 unspecified atom stereocenters. The molecule has 1 aromatic rings. The van der Waals surface area contributed by atoms with Crippen LogP contribution in [-0.4, -0.2) is 20.4 Å². The number of benzene rings is 1. The van der Waals surface area contributed by atoms with Crippen LogP contribution >= 0.6 is 12.6 Å². The van der Waals surface area contributed by atoms with Gasteiger partial charge in [0, 0.05) is 5.56 Å². The molecule has 0 heterocycles. The van der Waals surface area contributed by atoms with Crippen LogP contribution in [0.1, 0.15) is 12.5 Å². The van der Waals surface area contributed by atoms with Gasteiger partial charge in [0.25, 0.3) is 0 Å². The van der Waals surface area contributed by atoms with E-state index in [2.05, 4.69) is 24.5 Å². The van der Waals surface area contributed by atoms with Crippen molar-refractivity contribution in [2.45, 2.75) is 6.92 Å². The zero-order valence-corrected chi connectivity index (χ0v) is 11.6. The molecular weight excluding hydrogens is 266 g/mol. The Kier molecular flexibility index (Phi) is 10.7. The van der Waals surface area contributed by atoms with Crippen LogP contribution in [0.25, 0.3) is 5.57 Å². The maximum absolute atomic E-state index is 12.9. The quantitative estimate of drug-likeness (QED) is 0.347. The van der Waals surface area contributed by atoms with E-state index in [-0.39, 0.29) is 11.1 Å². The summed E-state index contributed by atoms with van der Waals surface area (Å²) in [6.07, 6.45) is 1.69. The Morgan fingerprint density at radius 3 is 1.78 bits per heavy atom. The van der Waals surface area contributed by atoms with Crippen LogP contribution in [0.5, 0.6) is 0 Å². The van der Waals surface area contributed by atoms with Crippen molar-refractivity contribution in [2.24, 2.45) is 0 Å². The van der Waals surface area contributed by atoms with Crippen LogP contribution < -0.4 is 5.32 Å². The first-order chi connectivity index (χ1) is 8.36. The monoisotopic (exact) mass is 283 g/mol. The molecule has 0 bridgehead atoms. The lowest BCUT2D eigenvalue weighted by Crippen LogP contribution is -1.99. The Bertz CT molecular complexity index is 394. The fraction of sp³-hybridized carbons (Fsp3) is 0.333. The number of allylic oxidation sites excluding steroid dienone is 1. The molecule has 0 spiro atoms. The summed E-state index contributed by atoms with van der Waals surface area (Å²) >= 11 is 3.53. The Morgan fingerprint density at radius 2 is 1.44 bits per heavy atom. The molecule has 0 fully saturated rings. The Hall–Kier alpha value is -1.01. The first-order valence-corrected chi connectivity index (χ1v) is 5.78. The topological polar surface area (TPSA) is 12.0 Å². The minimum Gasteiger partial charge on any atom is -0.323 e. The summed E-state index contributed by atoms with van der Waals surface area (Å²) in [4.78, 5) is 0. The zero-order chi connectivity index (χ0) is 14.9. The minimum atomic E-state index is -1.81. The van der Waals surface area contributed by atoms with Crippen molar-refractivity contribution in [3.8, 4) is 0 Å². The van der Waals surface area contributed by atoms with E-state index in [1.165, 1.54) is 6.92 Å². The summed E-state index contributed by atoms with van der Waals surface area (Å²) in [6, 6.07) is 0.579. The highest BCUT2D eigenvalue weighted by atomic mass is 32.1. The molecule has 1 rings (SSSR count). The van der Waals surface area contributed by atoms with E-state index in [1.54, 1.807) is 6.26 Å². The van der Waals surface area contributed by atoms with E-state index in [1.807, 2.05) is 14.1 Å². The molecule has 1 nitrogen and oxygen atoms in total. The van der Waals surface area contributed by atoms with Gasteiger partial charge in [0.2, 0.25) is 0 Å². The fourth-order valence-electron chi connectivity index (χ4n) is 0.883. The van der Waals surface area contributed by atoms with E-state index in [4.69, 9.17) is 0 Å². The van der Waals surface area contributed by atoms with E-state index in [9.17, 15) is 17.6 Å². The van der Waals surface area contributed by atoms with Crippen molar-refractivity contribution >= 4 is 18.2 Å². The van der Waals surface area contributed by atoms with Crippen LogP contribution in [0, 0.1) is 23.3 Å². The lowest BCUT2D eigenvalue weighted by Gasteiger charge is -2.04. The van der Waals surface area contributed by atoms with Crippen molar-refractivity contribution in [3.63, 3.8) is 0 Å². The Balaban J connectivity index is 0. The molecule has 1 N–H and O–H groups in total. The molecule has 0 saturated carbocycles. The van der Waals surface area contributed by atoms with Gasteiger partial charge in [-0.05, 0) is 38.9 Å². The van der Waals surface area contributed by atoms with Crippen molar-refractivity contribution in [2.75, 3.05) is 20.4 Å². The number of thiol groups is 1.